The molecule has 2 rings (SSSR count). The zero-order chi connectivity index (χ0) is 8.39. The molecule has 2 heteroatoms. The minimum Gasteiger partial charge on any atom is -0.458 e. The molecular weight excluding hydrogens is 152 g/mol. The van der Waals surface area contributed by atoms with E-state index in [1.54, 1.807) is 0 Å². The lowest BCUT2D eigenvalue weighted by Gasteiger charge is -2.20. The van der Waals surface area contributed by atoms with Gasteiger partial charge in [0.1, 0.15) is 6.61 Å². The van der Waals surface area contributed by atoms with Crippen LogP contribution < -0.4 is 0 Å². The van der Waals surface area contributed by atoms with Gasteiger partial charge in [-0.25, -0.2) is 4.79 Å². The monoisotopic (exact) mass is 166 g/mol. The molecule has 0 amide bonds. The summed E-state index contributed by atoms with van der Waals surface area (Å²) in [5, 5.41) is 0. The number of hydrogen-bond acceptors (Lipinski definition) is 2. The number of cyclic esters (lactones) is 1. The van der Waals surface area contributed by atoms with Gasteiger partial charge in [-0.1, -0.05) is 19.3 Å². The zero-order valence-electron chi connectivity index (χ0n) is 7.21. The van der Waals surface area contributed by atoms with Crippen LogP contribution in [0.1, 0.15) is 32.1 Å². The third-order valence-corrected chi connectivity index (χ3v) is 2.80. The highest BCUT2D eigenvalue weighted by Crippen LogP contribution is 2.31. The Balaban J connectivity index is 2.02. The molecule has 0 aromatic heterocycles. The molecule has 0 N–H and O–H groups in total. The first-order valence-corrected chi connectivity index (χ1v) is 4.75. The van der Waals surface area contributed by atoms with Crippen LogP contribution in [-0.2, 0) is 9.53 Å². The number of carbonyl (C=O) groups excluding carboxylic acids is 1. The molecule has 0 spiro atoms. The summed E-state index contributed by atoms with van der Waals surface area (Å²) in [5.74, 6) is 0.440. The van der Waals surface area contributed by atoms with Crippen molar-refractivity contribution in [3.8, 4) is 0 Å². The molecule has 1 heterocycles. The summed E-state index contributed by atoms with van der Waals surface area (Å²) < 4.78 is 4.89. The van der Waals surface area contributed by atoms with Gasteiger partial charge in [-0.2, -0.15) is 0 Å². The lowest BCUT2D eigenvalue weighted by Crippen LogP contribution is -2.13. The third-order valence-electron chi connectivity index (χ3n) is 2.80. The second kappa shape index (κ2) is 3.30. The summed E-state index contributed by atoms with van der Waals surface area (Å²) >= 11 is 0. The summed E-state index contributed by atoms with van der Waals surface area (Å²) in [6, 6.07) is 0. The van der Waals surface area contributed by atoms with Crippen molar-refractivity contribution in [2.24, 2.45) is 5.92 Å². The smallest absolute Gasteiger partial charge is 0.334 e. The molecule has 2 aliphatic rings. The van der Waals surface area contributed by atoms with Gasteiger partial charge in [-0.05, 0) is 24.8 Å². The second-order valence-corrected chi connectivity index (χ2v) is 3.59. The van der Waals surface area contributed by atoms with E-state index >= 15 is 0 Å². The Bertz CT molecular complexity index is 212. The quantitative estimate of drug-likeness (QED) is 0.557. The number of ether oxygens (including phenoxy) is 1. The highest BCUT2D eigenvalue weighted by molar-refractivity contribution is 5.90. The van der Waals surface area contributed by atoms with E-state index in [4.69, 9.17) is 4.74 Å². The van der Waals surface area contributed by atoms with Crippen molar-refractivity contribution in [1.29, 1.82) is 0 Å². The van der Waals surface area contributed by atoms with E-state index < -0.39 is 0 Å². The van der Waals surface area contributed by atoms with Crippen molar-refractivity contribution in [2.75, 3.05) is 6.61 Å². The van der Waals surface area contributed by atoms with Crippen LogP contribution in [0.5, 0.6) is 0 Å². The Hall–Kier alpha value is -0.790. The van der Waals surface area contributed by atoms with Gasteiger partial charge < -0.3 is 4.74 Å². The van der Waals surface area contributed by atoms with E-state index in [1.165, 1.54) is 32.1 Å². The summed E-state index contributed by atoms with van der Waals surface area (Å²) in [6.45, 7) is 0.505. The van der Waals surface area contributed by atoms with Gasteiger partial charge in [-0.15, -0.1) is 0 Å². The molecule has 0 bridgehead atoms. The van der Waals surface area contributed by atoms with Gasteiger partial charge in [0.2, 0.25) is 0 Å². The van der Waals surface area contributed by atoms with Gasteiger partial charge in [0.15, 0.2) is 0 Å². The minimum atomic E-state index is -0.0677. The predicted octanol–water partition coefficient (Wildman–Crippen LogP) is 2.05. The van der Waals surface area contributed by atoms with Gasteiger partial charge in [0.25, 0.3) is 0 Å². The van der Waals surface area contributed by atoms with Crippen LogP contribution in [0.2, 0.25) is 0 Å². The van der Waals surface area contributed by atoms with E-state index in [0.717, 1.165) is 5.57 Å². The fraction of sp³-hybridized carbons (Fsp3) is 0.700. The van der Waals surface area contributed by atoms with Crippen molar-refractivity contribution in [2.45, 2.75) is 32.1 Å². The fourth-order valence-electron chi connectivity index (χ4n) is 2.12. The molecule has 0 aromatic carbocycles. The molecule has 1 saturated carbocycles. The van der Waals surface area contributed by atoms with Gasteiger partial charge >= 0.3 is 5.97 Å². The summed E-state index contributed by atoms with van der Waals surface area (Å²) in [6.07, 6.45) is 8.20. The summed E-state index contributed by atoms with van der Waals surface area (Å²) in [4.78, 5) is 11.2. The molecule has 0 aromatic rings. The molecule has 1 aliphatic heterocycles. The van der Waals surface area contributed by atoms with Crippen molar-refractivity contribution >= 4 is 5.97 Å². The van der Waals surface area contributed by atoms with Crippen molar-refractivity contribution in [3.63, 3.8) is 0 Å². The van der Waals surface area contributed by atoms with Crippen LogP contribution in [-0.4, -0.2) is 12.6 Å². The van der Waals surface area contributed by atoms with Crippen LogP contribution in [0, 0.1) is 5.92 Å². The maximum absolute atomic E-state index is 11.2. The Morgan fingerprint density at radius 1 is 1.25 bits per heavy atom. The van der Waals surface area contributed by atoms with Gasteiger partial charge in [0, 0.05) is 5.57 Å². The van der Waals surface area contributed by atoms with Crippen LogP contribution in [0.3, 0.4) is 0 Å². The largest absolute Gasteiger partial charge is 0.458 e. The van der Waals surface area contributed by atoms with Gasteiger partial charge in [0.05, 0.1) is 0 Å². The third kappa shape index (κ3) is 1.38. The summed E-state index contributed by atoms with van der Waals surface area (Å²) in [5.41, 5.74) is 0.953. The Morgan fingerprint density at radius 3 is 2.58 bits per heavy atom. The standard InChI is InChI=1S/C10H14O2/c11-10-9(6-7-12-10)8-4-2-1-3-5-8/h6,8H,1-5,7H2. The lowest BCUT2D eigenvalue weighted by molar-refractivity contribution is -0.136. The van der Waals surface area contributed by atoms with Crippen LogP contribution in [0.4, 0.5) is 0 Å². The topological polar surface area (TPSA) is 26.3 Å². The van der Waals surface area contributed by atoms with Crippen molar-refractivity contribution < 1.29 is 9.53 Å². The van der Waals surface area contributed by atoms with E-state index in [9.17, 15) is 4.79 Å². The Morgan fingerprint density at radius 2 is 2.00 bits per heavy atom. The molecular formula is C10H14O2. The normalized spacial score (nSPS) is 25.3. The van der Waals surface area contributed by atoms with Crippen molar-refractivity contribution in [1.82, 2.24) is 0 Å². The van der Waals surface area contributed by atoms with E-state index in [1.807, 2.05) is 6.08 Å². The number of esters is 1. The molecule has 0 radical (unpaired) electrons. The molecule has 1 aliphatic carbocycles. The first kappa shape index (κ1) is 7.84. The average Bonchev–Trinajstić information content (AvgIpc) is 2.53. The first-order valence-electron chi connectivity index (χ1n) is 4.75. The van der Waals surface area contributed by atoms with Crippen LogP contribution in [0.15, 0.2) is 11.6 Å². The molecule has 0 saturated heterocycles. The van der Waals surface area contributed by atoms with Crippen molar-refractivity contribution in [3.05, 3.63) is 11.6 Å². The molecule has 66 valence electrons. The Labute approximate surface area is 72.6 Å². The number of rotatable bonds is 1. The lowest BCUT2D eigenvalue weighted by atomic mass is 9.84. The van der Waals surface area contributed by atoms with Crippen LogP contribution in [0.25, 0.3) is 0 Å². The fourth-order valence-corrected chi connectivity index (χ4v) is 2.12. The highest BCUT2D eigenvalue weighted by Gasteiger charge is 2.26. The predicted molar refractivity (Wildman–Crippen MR) is 45.6 cm³/mol. The maximum atomic E-state index is 11.2. The van der Waals surface area contributed by atoms with Gasteiger partial charge in [-0.3, -0.25) is 0 Å². The first-order chi connectivity index (χ1) is 5.88. The molecule has 12 heavy (non-hydrogen) atoms. The SMILES string of the molecule is O=C1OCC=C1C1CCCCC1. The molecule has 0 atom stereocenters. The number of carbonyl (C=O) groups is 1. The zero-order valence-corrected chi connectivity index (χ0v) is 7.21. The van der Waals surface area contributed by atoms with Crippen LogP contribution >= 0.6 is 0 Å². The minimum absolute atomic E-state index is 0.0677. The number of hydrogen-bond donors (Lipinski definition) is 0. The average molecular weight is 166 g/mol. The van der Waals surface area contributed by atoms with E-state index in [0.29, 0.717) is 12.5 Å². The molecule has 1 fully saturated rings. The van der Waals surface area contributed by atoms with E-state index in [-0.39, 0.29) is 5.97 Å². The Kier molecular flexibility index (Phi) is 2.15. The maximum Gasteiger partial charge on any atom is 0.334 e. The molecule has 0 unspecified atom stereocenters. The highest BCUT2D eigenvalue weighted by atomic mass is 16.5. The summed E-state index contributed by atoms with van der Waals surface area (Å²) in [7, 11) is 0. The molecule has 2 nitrogen and oxygen atoms in total. The van der Waals surface area contributed by atoms with E-state index in [2.05, 4.69) is 0 Å². The second-order valence-electron chi connectivity index (χ2n) is 3.59.